The minimum atomic E-state index is 0.132. The second-order valence-electron chi connectivity index (χ2n) is 4.47. The first kappa shape index (κ1) is 12.3. The van der Waals surface area contributed by atoms with Crippen LogP contribution in [0.3, 0.4) is 0 Å². The second kappa shape index (κ2) is 4.98. The first-order chi connectivity index (χ1) is 8.15. The number of aliphatic hydroxyl groups is 1. The molecule has 0 aromatic carbocycles. The second-order valence-corrected chi connectivity index (χ2v) is 4.91. The van der Waals surface area contributed by atoms with Crippen LogP contribution in [-0.2, 0) is 0 Å². The molecule has 3 N–H and O–H groups in total. The van der Waals surface area contributed by atoms with Gasteiger partial charge in [0.25, 0.3) is 0 Å². The van der Waals surface area contributed by atoms with Crippen molar-refractivity contribution in [3.05, 3.63) is 24.0 Å². The Hall–Kier alpha value is -1.20. The molecule has 0 aliphatic carbocycles. The molecule has 2 atom stereocenters. The van der Waals surface area contributed by atoms with E-state index in [0.29, 0.717) is 10.9 Å². The van der Waals surface area contributed by atoms with Crippen LogP contribution in [0.2, 0.25) is 0 Å². The van der Waals surface area contributed by atoms with E-state index in [0.717, 1.165) is 24.2 Å². The number of hydrogen-bond donors (Lipinski definition) is 2. The van der Waals surface area contributed by atoms with Crippen LogP contribution in [0.5, 0.6) is 0 Å². The van der Waals surface area contributed by atoms with Crippen molar-refractivity contribution in [1.29, 1.82) is 0 Å². The Labute approximate surface area is 106 Å². The van der Waals surface area contributed by atoms with Crippen molar-refractivity contribution in [2.24, 2.45) is 11.7 Å². The molecule has 4 nitrogen and oxygen atoms in total. The van der Waals surface area contributed by atoms with Gasteiger partial charge in [0.2, 0.25) is 0 Å². The Kier molecular flexibility index (Phi) is 3.59. The summed E-state index contributed by atoms with van der Waals surface area (Å²) in [6.45, 7) is 3.21. The number of thiocarbonyl (C=S) groups is 1. The lowest BCUT2D eigenvalue weighted by molar-refractivity contribution is 0.244. The summed E-state index contributed by atoms with van der Waals surface area (Å²) in [4.78, 5) is 6.66. The summed E-state index contributed by atoms with van der Waals surface area (Å²) in [6.07, 6.45) is 4.53. The minimum absolute atomic E-state index is 0.132. The zero-order valence-corrected chi connectivity index (χ0v) is 10.7. The number of hydrogen-bond acceptors (Lipinski definition) is 4. The highest BCUT2D eigenvalue weighted by atomic mass is 32.1. The smallest absolute Gasteiger partial charge is 0.106 e. The molecular formula is C12H17N3OS. The largest absolute Gasteiger partial charge is 0.394 e. The Morgan fingerprint density at radius 3 is 3.12 bits per heavy atom. The maximum absolute atomic E-state index is 9.47. The lowest BCUT2D eigenvalue weighted by atomic mass is 10.0. The van der Waals surface area contributed by atoms with E-state index in [2.05, 4.69) is 16.8 Å². The van der Waals surface area contributed by atoms with Gasteiger partial charge in [-0.1, -0.05) is 19.1 Å². The topological polar surface area (TPSA) is 62.4 Å². The highest BCUT2D eigenvalue weighted by Crippen LogP contribution is 2.31. The average molecular weight is 251 g/mol. The number of aliphatic hydroxyl groups excluding tert-OH is 1. The van der Waals surface area contributed by atoms with Gasteiger partial charge in [0.1, 0.15) is 4.99 Å². The molecule has 1 saturated heterocycles. The molecule has 0 amide bonds. The standard InChI is InChI=1S/C12H17N3OS/c1-8-3-5-15(11(8)7-16)10-6-14-4-2-9(10)12(13)17/h2,4,6,8,11,16H,3,5,7H2,1H3,(H2,13,17). The van der Waals surface area contributed by atoms with Gasteiger partial charge in [-0.15, -0.1) is 0 Å². The first-order valence-electron chi connectivity index (χ1n) is 5.76. The van der Waals surface area contributed by atoms with Gasteiger partial charge in [-0.3, -0.25) is 4.98 Å². The van der Waals surface area contributed by atoms with Gasteiger partial charge in [0.05, 0.1) is 24.5 Å². The highest BCUT2D eigenvalue weighted by molar-refractivity contribution is 7.80. The third-order valence-corrected chi connectivity index (χ3v) is 3.66. The fraction of sp³-hybridized carbons (Fsp3) is 0.500. The van der Waals surface area contributed by atoms with Crippen LogP contribution < -0.4 is 10.6 Å². The summed E-state index contributed by atoms with van der Waals surface area (Å²) in [5.74, 6) is 0.472. The molecule has 0 spiro atoms. The summed E-state index contributed by atoms with van der Waals surface area (Å²) in [5.41, 5.74) is 7.49. The van der Waals surface area contributed by atoms with Gasteiger partial charge in [0.15, 0.2) is 0 Å². The molecular weight excluding hydrogens is 234 g/mol. The SMILES string of the molecule is CC1CCN(c2cnccc2C(N)=S)C1CO. The van der Waals surface area contributed by atoms with Crippen molar-refractivity contribution in [1.82, 2.24) is 4.98 Å². The fourth-order valence-electron chi connectivity index (χ4n) is 2.41. The van der Waals surface area contributed by atoms with E-state index < -0.39 is 0 Å². The molecule has 92 valence electrons. The van der Waals surface area contributed by atoms with Crippen LogP contribution >= 0.6 is 12.2 Å². The van der Waals surface area contributed by atoms with Crippen LogP contribution in [0.15, 0.2) is 18.5 Å². The Morgan fingerprint density at radius 2 is 2.47 bits per heavy atom. The van der Waals surface area contributed by atoms with E-state index in [1.165, 1.54) is 0 Å². The molecule has 0 bridgehead atoms. The highest BCUT2D eigenvalue weighted by Gasteiger charge is 2.32. The van der Waals surface area contributed by atoms with E-state index in [-0.39, 0.29) is 12.6 Å². The zero-order chi connectivity index (χ0) is 12.4. The summed E-state index contributed by atoms with van der Waals surface area (Å²) < 4.78 is 0. The lowest BCUT2D eigenvalue weighted by Crippen LogP contribution is -2.36. The maximum atomic E-state index is 9.47. The van der Waals surface area contributed by atoms with E-state index in [1.807, 2.05) is 6.07 Å². The Morgan fingerprint density at radius 1 is 1.71 bits per heavy atom. The van der Waals surface area contributed by atoms with E-state index in [1.54, 1.807) is 12.4 Å². The molecule has 2 unspecified atom stereocenters. The Bertz CT molecular complexity index is 424. The molecule has 17 heavy (non-hydrogen) atoms. The molecule has 1 aromatic rings. The number of nitrogens with two attached hydrogens (primary N) is 1. The molecule has 2 rings (SSSR count). The van der Waals surface area contributed by atoms with Gasteiger partial charge < -0.3 is 15.7 Å². The molecule has 5 heteroatoms. The van der Waals surface area contributed by atoms with Crippen LogP contribution in [0.25, 0.3) is 0 Å². The first-order valence-corrected chi connectivity index (χ1v) is 6.17. The van der Waals surface area contributed by atoms with Crippen molar-refractivity contribution in [2.45, 2.75) is 19.4 Å². The lowest BCUT2D eigenvalue weighted by Gasteiger charge is -2.28. The monoisotopic (exact) mass is 251 g/mol. The minimum Gasteiger partial charge on any atom is -0.394 e. The normalized spacial score (nSPS) is 24.0. The van der Waals surface area contributed by atoms with Crippen LogP contribution in [0.4, 0.5) is 5.69 Å². The molecule has 0 radical (unpaired) electrons. The Balaban J connectivity index is 2.37. The van der Waals surface area contributed by atoms with Gasteiger partial charge >= 0.3 is 0 Å². The molecule has 1 aliphatic rings. The van der Waals surface area contributed by atoms with Gasteiger partial charge in [-0.2, -0.15) is 0 Å². The third kappa shape index (κ3) is 2.25. The average Bonchev–Trinajstić information content (AvgIpc) is 2.70. The number of aromatic nitrogens is 1. The van der Waals surface area contributed by atoms with Gasteiger partial charge in [-0.05, 0) is 18.4 Å². The number of rotatable bonds is 3. The van der Waals surface area contributed by atoms with Crippen LogP contribution in [0, 0.1) is 5.92 Å². The van der Waals surface area contributed by atoms with Crippen molar-refractivity contribution >= 4 is 22.9 Å². The van der Waals surface area contributed by atoms with E-state index >= 15 is 0 Å². The summed E-state index contributed by atoms with van der Waals surface area (Å²) in [7, 11) is 0. The zero-order valence-electron chi connectivity index (χ0n) is 9.84. The number of pyridine rings is 1. The van der Waals surface area contributed by atoms with Crippen molar-refractivity contribution in [3.8, 4) is 0 Å². The van der Waals surface area contributed by atoms with Gasteiger partial charge in [0, 0.05) is 18.3 Å². The predicted molar refractivity (Wildman–Crippen MR) is 72.1 cm³/mol. The molecule has 2 heterocycles. The van der Waals surface area contributed by atoms with Crippen LogP contribution in [0.1, 0.15) is 18.9 Å². The molecule has 1 aliphatic heterocycles. The quantitative estimate of drug-likeness (QED) is 0.782. The third-order valence-electron chi connectivity index (χ3n) is 3.44. The summed E-state index contributed by atoms with van der Waals surface area (Å²) in [6, 6.07) is 1.96. The number of anilines is 1. The van der Waals surface area contributed by atoms with Crippen LogP contribution in [-0.4, -0.2) is 34.3 Å². The van der Waals surface area contributed by atoms with Crippen molar-refractivity contribution < 1.29 is 5.11 Å². The fourth-order valence-corrected chi connectivity index (χ4v) is 2.58. The predicted octanol–water partition coefficient (Wildman–Crippen LogP) is 0.923. The molecule has 1 aromatic heterocycles. The van der Waals surface area contributed by atoms with Crippen molar-refractivity contribution in [2.75, 3.05) is 18.1 Å². The van der Waals surface area contributed by atoms with Gasteiger partial charge in [-0.25, -0.2) is 0 Å². The molecule has 0 saturated carbocycles. The van der Waals surface area contributed by atoms with E-state index in [9.17, 15) is 5.11 Å². The summed E-state index contributed by atoms with van der Waals surface area (Å²) in [5, 5.41) is 9.47. The summed E-state index contributed by atoms with van der Waals surface area (Å²) >= 11 is 5.05. The molecule has 1 fully saturated rings. The maximum Gasteiger partial charge on any atom is 0.106 e. The van der Waals surface area contributed by atoms with Crippen molar-refractivity contribution in [3.63, 3.8) is 0 Å². The van der Waals surface area contributed by atoms with E-state index in [4.69, 9.17) is 18.0 Å². The number of nitrogens with zero attached hydrogens (tertiary/aromatic N) is 2.